The van der Waals surface area contributed by atoms with Crippen LogP contribution < -0.4 is 5.32 Å². The van der Waals surface area contributed by atoms with Gasteiger partial charge in [-0.25, -0.2) is 0 Å². The highest BCUT2D eigenvalue weighted by Gasteiger charge is 2.20. The van der Waals surface area contributed by atoms with E-state index in [1.165, 1.54) is 18.4 Å². The number of carbonyl (C=O) groups excluding carboxylic acids is 2. The first-order chi connectivity index (χ1) is 13.2. The predicted molar refractivity (Wildman–Crippen MR) is 109 cm³/mol. The van der Waals surface area contributed by atoms with Crippen LogP contribution in [0.2, 0.25) is 0 Å². The van der Waals surface area contributed by atoms with E-state index < -0.39 is 0 Å². The molecule has 1 aliphatic rings. The molecule has 4 heteroatoms. The third-order valence-electron chi connectivity index (χ3n) is 5.12. The SMILES string of the molecule is CCc1ccc(CC(=O)Nc2ccccc2C(=O)N2CCCCCC2)cc1. The zero-order valence-corrected chi connectivity index (χ0v) is 16.0. The Balaban J connectivity index is 1.69. The standard InChI is InChI=1S/C23H28N2O2/c1-2-18-11-13-19(14-12-18)17-22(26)24-21-10-6-5-9-20(21)23(27)25-15-7-3-4-8-16-25/h5-6,9-14H,2-4,7-8,15-17H2,1H3,(H,24,26). The smallest absolute Gasteiger partial charge is 0.255 e. The monoisotopic (exact) mass is 364 g/mol. The summed E-state index contributed by atoms with van der Waals surface area (Å²) < 4.78 is 0. The van der Waals surface area contributed by atoms with E-state index in [-0.39, 0.29) is 11.8 Å². The van der Waals surface area contributed by atoms with Crippen molar-refractivity contribution in [3.05, 3.63) is 65.2 Å². The molecule has 1 heterocycles. The fraction of sp³-hybridized carbons (Fsp3) is 0.391. The molecule has 0 aromatic heterocycles. The molecule has 1 aliphatic heterocycles. The zero-order valence-electron chi connectivity index (χ0n) is 16.0. The molecule has 3 rings (SSSR count). The molecule has 142 valence electrons. The Bertz CT molecular complexity index is 775. The summed E-state index contributed by atoms with van der Waals surface area (Å²) >= 11 is 0. The number of benzene rings is 2. The predicted octanol–water partition coefficient (Wildman–Crippen LogP) is 4.45. The van der Waals surface area contributed by atoms with Crippen molar-refractivity contribution in [3.63, 3.8) is 0 Å². The van der Waals surface area contributed by atoms with Crippen LogP contribution in [-0.2, 0) is 17.6 Å². The van der Waals surface area contributed by atoms with Crippen molar-refractivity contribution in [1.29, 1.82) is 0 Å². The second-order valence-electron chi connectivity index (χ2n) is 7.15. The van der Waals surface area contributed by atoms with Gasteiger partial charge in [-0.3, -0.25) is 9.59 Å². The Kier molecular flexibility index (Phi) is 6.64. The number of hydrogen-bond acceptors (Lipinski definition) is 2. The molecule has 0 radical (unpaired) electrons. The van der Waals surface area contributed by atoms with Crippen LogP contribution >= 0.6 is 0 Å². The van der Waals surface area contributed by atoms with E-state index in [9.17, 15) is 9.59 Å². The summed E-state index contributed by atoms with van der Waals surface area (Å²) in [6.07, 6.45) is 5.74. The average molecular weight is 364 g/mol. The maximum atomic E-state index is 13.0. The van der Waals surface area contributed by atoms with E-state index in [0.29, 0.717) is 17.7 Å². The molecule has 27 heavy (non-hydrogen) atoms. The third-order valence-corrected chi connectivity index (χ3v) is 5.12. The lowest BCUT2D eigenvalue weighted by Crippen LogP contribution is -2.32. The van der Waals surface area contributed by atoms with Crippen LogP contribution in [0.1, 0.15) is 54.1 Å². The van der Waals surface area contributed by atoms with Crippen molar-refractivity contribution in [2.45, 2.75) is 45.4 Å². The Morgan fingerprint density at radius 3 is 2.19 bits per heavy atom. The maximum Gasteiger partial charge on any atom is 0.255 e. The van der Waals surface area contributed by atoms with Gasteiger partial charge in [0.1, 0.15) is 0 Å². The van der Waals surface area contributed by atoms with Crippen molar-refractivity contribution >= 4 is 17.5 Å². The molecule has 1 fully saturated rings. The molecule has 0 spiro atoms. The molecule has 0 unspecified atom stereocenters. The molecular formula is C23H28N2O2. The molecule has 0 aliphatic carbocycles. The summed E-state index contributed by atoms with van der Waals surface area (Å²) in [7, 11) is 0. The minimum atomic E-state index is -0.102. The molecule has 1 saturated heterocycles. The quantitative estimate of drug-likeness (QED) is 0.852. The Labute approximate surface area is 161 Å². The van der Waals surface area contributed by atoms with Crippen LogP contribution in [0.4, 0.5) is 5.69 Å². The number of nitrogens with zero attached hydrogens (tertiary/aromatic N) is 1. The van der Waals surface area contributed by atoms with E-state index in [2.05, 4.69) is 24.4 Å². The van der Waals surface area contributed by atoms with Crippen molar-refractivity contribution in [1.82, 2.24) is 4.90 Å². The number of likely N-dealkylation sites (tertiary alicyclic amines) is 1. The Morgan fingerprint density at radius 2 is 1.52 bits per heavy atom. The molecule has 2 amide bonds. The van der Waals surface area contributed by atoms with Gasteiger partial charge in [-0.05, 0) is 42.5 Å². The van der Waals surface area contributed by atoms with Crippen molar-refractivity contribution in [2.75, 3.05) is 18.4 Å². The van der Waals surface area contributed by atoms with E-state index in [4.69, 9.17) is 0 Å². The molecule has 0 saturated carbocycles. The largest absolute Gasteiger partial charge is 0.339 e. The van der Waals surface area contributed by atoms with Crippen LogP contribution in [0.15, 0.2) is 48.5 Å². The molecule has 4 nitrogen and oxygen atoms in total. The molecule has 2 aromatic rings. The summed E-state index contributed by atoms with van der Waals surface area (Å²) in [5, 5.41) is 2.94. The molecule has 0 bridgehead atoms. The third kappa shape index (κ3) is 5.19. The average Bonchev–Trinajstić information content (AvgIpc) is 2.98. The highest BCUT2D eigenvalue weighted by atomic mass is 16.2. The fourth-order valence-corrected chi connectivity index (χ4v) is 3.50. The molecule has 0 atom stereocenters. The first-order valence-electron chi connectivity index (χ1n) is 9.93. The van der Waals surface area contributed by atoms with Gasteiger partial charge in [-0.15, -0.1) is 0 Å². The number of hydrogen-bond donors (Lipinski definition) is 1. The fourth-order valence-electron chi connectivity index (χ4n) is 3.50. The van der Waals surface area contributed by atoms with Crippen LogP contribution in [-0.4, -0.2) is 29.8 Å². The van der Waals surface area contributed by atoms with Gasteiger partial charge in [0.05, 0.1) is 17.7 Å². The van der Waals surface area contributed by atoms with Crippen LogP contribution in [0.3, 0.4) is 0 Å². The number of rotatable bonds is 5. The van der Waals surface area contributed by atoms with E-state index >= 15 is 0 Å². The lowest BCUT2D eigenvalue weighted by molar-refractivity contribution is -0.115. The summed E-state index contributed by atoms with van der Waals surface area (Å²) in [6.45, 7) is 3.70. The molecule has 2 aromatic carbocycles. The van der Waals surface area contributed by atoms with E-state index in [0.717, 1.165) is 37.9 Å². The number of amides is 2. The van der Waals surface area contributed by atoms with Gasteiger partial charge in [0.25, 0.3) is 5.91 Å². The van der Waals surface area contributed by atoms with E-state index in [1.807, 2.05) is 35.2 Å². The van der Waals surface area contributed by atoms with E-state index in [1.54, 1.807) is 6.07 Å². The van der Waals surface area contributed by atoms with Crippen LogP contribution in [0.5, 0.6) is 0 Å². The molecular weight excluding hydrogens is 336 g/mol. The minimum Gasteiger partial charge on any atom is -0.339 e. The summed E-state index contributed by atoms with van der Waals surface area (Å²) in [4.78, 5) is 27.4. The first kappa shape index (κ1) is 19.2. The van der Waals surface area contributed by atoms with Crippen molar-refractivity contribution < 1.29 is 9.59 Å². The van der Waals surface area contributed by atoms with Crippen LogP contribution in [0, 0.1) is 0 Å². The highest BCUT2D eigenvalue weighted by molar-refractivity contribution is 6.04. The Hall–Kier alpha value is -2.62. The zero-order chi connectivity index (χ0) is 19.1. The molecule has 1 N–H and O–H groups in total. The van der Waals surface area contributed by atoms with Gasteiger partial charge in [0, 0.05) is 13.1 Å². The summed E-state index contributed by atoms with van der Waals surface area (Å²) in [5.41, 5.74) is 3.41. The second-order valence-corrected chi connectivity index (χ2v) is 7.15. The van der Waals surface area contributed by atoms with Gasteiger partial charge < -0.3 is 10.2 Å². The van der Waals surface area contributed by atoms with Gasteiger partial charge in [0.15, 0.2) is 0 Å². The lowest BCUT2D eigenvalue weighted by atomic mass is 10.1. The normalized spacial score (nSPS) is 14.5. The number of nitrogens with one attached hydrogen (secondary N) is 1. The van der Waals surface area contributed by atoms with Crippen LogP contribution in [0.25, 0.3) is 0 Å². The topological polar surface area (TPSA) is 49.4 Å². The summed E-state index contributed by atoms with van der Waals surface area (Å²) in [6, 6.07) is 15.4. The highest BCUT2D eigenvalue weighted by Crippen LogP contribution is 2.20. The first-order valence-corrected chi connectivity index (χ1v) is 9.93. The van der Waals surface area contributed by atoms with Gasteiger partial charge in [0.2, 0.25) is 5.91 Å². The summed E-state index contributed by atoms with van der Waals surface area (Å²) in [5.74, 6) is -0.0875. The van der Waals surface area contributed by atoms with Gasteiger partial charge in [-0.2, -0.15) is 0 Å². The number of anilines is 1. The maximum absolute atomic E-state index is 13.0. The second kappa shape index (κ2) is 9.36. The number of carbonyl (C=O) groups is 2. The van der Waals surface area contributed by atoms with Gasteiger partial charge in [-0.1, -0.05) is 56.2 Å². The van der Waals surface area contributed by atoms with Crippen molar-refractivity contribution in [2.24, 2.45) is 0 Å². The lowest BCUT2D eigenvalue weighted by Gasteiger charge is -2.22. The van der Waals surface area contributed by atoms with Crippen molar-refractivity contribution in [3.8, 4) is 0 Å². The Morgan fingerprint density at radius 1 is 0.889 bits per heavy atom. The van der Waals surface area contributed by atoms with Gasteiger partial charge >= 0.3 is 0 Å². The number of aryl methyl sites for hydroxylation is 1. The minimum absolute atomic E-state index is 0.0140. The number of para-hydroxylation sites is 1.